The maximum Gasteiger partial charge on any atom is 0.255 e. The highest BCUT2D eigenvalue weighted by molar-refractivity contribution is 5.97. The van der Waals surface area contributed by atoms with E-state index in [2.05, 4.69) is 16.8 Å². The molecule has 1 aliphatic rings. The second-order valence-electron chi connectivity index (χ2n) is 4.67. The van der Waals surface area contributed by atoms with Crippen molar-refractivity contribution in [3.05, 3.63) is 29.6 Å². The van der Waals surface area contributed by atoms with Gasteiger partial charge in [-0.25, -0.2) is 0 Å². The fourth-order valence-corrected chi connectivity index (χ4v) is 2.34. The Morgan fingerprint density at radius 3 is 3.10 bits per heavy atom. The fourth-order valence-electron chi connectivity index (χ4n) is 2.34. The van der Waals surface area contributed by atoms with Crippen molar-refractivity contribution in [2.24, 2.45) is 0 Å². The molecular formula is C15H18N2O3. The highest BCUT2D eigenvalue weighted by atomic mass is 16.3. The number of hydrogen-bond acceptors (Lipinski definition) is 4. The zero-order valence-corrected chi connectivity index (χ0v) is 11.2. The summed E-state index contributed by atoms with van der Waals surface area (Å²) in [4.78, 5) is 18.2. The number of carbonyl (C=O) groups excluding carboxylic acids is 1. The lowest BCUT2D eigenvalue weighted by atomic mass is 10.1. The van der Waals surface area contributed by atoms with E-state index >= 15 is 0 Å². The molecule has 106 valence electrons. The zero-order chi connectivity index (χ0) is 14.4. The predicted molar refractivity (Wildman–Crippen MR) is 74.0 cm³/mol. The van der Waals surface area contributed by atoms with Gasteiger partial charge in [0.1, 0.15) is 0 Å². The lowest BCUT2D eigenvalue weighted by molar-refractivity contribution is 0.0677. The number of hydrogen-bond donors (Lipinski definition) is 2. The number of rotatable bonds is 3. The average molecular weight is 274 g/mol. The number of nitrogens with zero attached hydrogens (tertiary/aromatic N) is 2. The zero-order valence-electron chi connectivity index (χ0n) is 11.2. The van der Waals surface area contributed by atoms with Crippen LogP contribution < -0.4 is 0 Å². The van der Waals surface area contributed by atoms with Crippen LogP contribution in [0.1, 0.15) is 35.2 Å². The van der Waals surface area contributed by atoms with Gasteiger partial charge in [0.15, 0.2) is 0 Å². The molecule has 1 amide bonds. The number of carbonyl (C=O) groups is 1. The third kappa shape index (κ3) is 3.16. The van der Waals surface area contributed by atoms with E-state index in [-0.39, 0.29) is 25.2 Å². The molecule has 1 aromatic rings. The molecule has 0 radical (unpaired) electrons. The molecule has 0 spiro atoms. The maximum absolute atomic E-state index is 12.5. The van der Waals surface area contributed by atoms with E-state index < -0.39 is 0 Å². The van der Waals surface area contributed by atoms with Gasteiger partial charge in [-0.15, -0.1) is 0 Å². The highest BCUT2D eigenvalue weighted by Gasteiger charge is 2.29. The van der Waals surface area contributed by atoms with Gasteiger partial charge in [0.25, 0.3) is 5.91 Å². The quantitative estimate of drug-likeness (QED) is 0.783. The minimum atomic E-state index is -0.114. The molecule has 5 heteroatoms. The van der Waals surface area contributed by atoms with E-state index in [4.69, 9.17) is 5.11 Å². The number of aliphatic hydroxyl groups is 2. The van der Waals surface area contributed by atoms with Crippen LogP contribution in [0.15, 0.2) is 18.5 Å². The molecule has 5 nitrogen and oxygen atoms in total. The van der Waals surface area contributed by atoms with Gasteiger partial charge in [0.05, 0.1) is 30.4 Å². The second kappa shape index (κ2) is 7.04. The summed E-state index contributed by atoms with van der Waals surface area (Å²) in [5, 5.41) is 18.1. The van der Waals surface area contributed by atoms with Crippen LogP contribution in [0.25, 0.3) is 0 Å². The normalized spacial score (nSPS) is 17.7. The summed E-state index contributed by atoms with van der Waals surface area (Å²) in [6.07, 6.45) is 5.23. The molecule has 2 heterocycles. The van der Waals surface area contributed by atoms with E-state index in [0.29, 0.717) is 24.1 Å². The van der Waals surface area contributed by atoms with Crippen molar-refractivity contribution < 1.29 is 15.0 Å². The second-order valence-corrected chi connectivity index (χ2v) is 4.67. The van der Waals surface area contributed by atoms with Crippen molar-refractivity contribution in [3.8, 4) is 11.8 Å². The molecule has 1 unspecified atom stereocenters. The molecule has 0 aromatic carbocycles. The number of amides is 1. The summed E-state index contributed by atoms with van der Waals surface area (Å²) in [7, 11) is 0. The first-order valence-electron chi connectivity index (χ1n) is 6.73. The monoisotopic (exact) mass is 274 g/mol. The van der Waals surface area contributed by atoms with Gasteiger partial charge in [-0.1, -0.05) is 11.8 Å². The fraction of sp³-hybridized carbons (Fsp3) is 0.467. The van der Waals surface area contributed by atoms with Crippen LogP contribution >= 0.6 is 0 Å². The Hall–Kier alpha value is -1.90. The number of pyridine rings is 1. The molecule has 1 aliphatic heterocycles. The molecule has 0 saturated carbocycles. The standard InChI is InChI=1S/C15H18N2O3/c18-9-2-1-4-12-10-16-7-6-14(12)15(20)17-8-3-5-13(17)11-19/h6-7,10,13,18-19H,2-3,5,8-9,11H2. The Labute approximate surface area is 118 Å². The van der Waals surface area contributed by atoms with Crippen molar-refractivity contribution in [3.63, 3.8) is 0 Å². The van der Waals surface area contributed by atoms with Crippen molar-refractivity contribution in [1.82, 2.24) is 9.88 Å². The van der Waals surface area contributed by atoms with Crippen molar-refractivity contribution in [1.29, 1.82) is 0 Å². The van der Waals surface area contributed by atoms with Gasteiger partial charge in [0.2, 0.25) is 0 Å². The summed E-state index contributed by atoms with van der Waals surface area (Å²) in [5.41, 5.74) is 1.07. The molecule has 0 bridgehead atoms. The van der Waals surface area contributed by atoms with Crippen LogP contribution in [0, 0.1) is 11.8 Å². The first-order chi connectivity index (χ1) is 9.77. The number of aliphatic hydroxyl groups excluding tert-OH is 2. The smallest absolute Gasteiger partial charge is 0.255 e. The Bertz CT molecular complexity index is 533. The molecular weight excluding hydrogens is 256 g/mol. The molecule has 1 aromatic heterocycles. The number of likely N-dealkylation sites (tertiary alicyclic amines) is 1. The molecule has 20 heavy (non-hydrogen) atoms. The van der Waals surface area contributed by atoms with Crippen LogP contribution in [-0.4, -0.2) is 51.8 Å². The largest absolute Gasteiger partial charge is 0.395 e. The van der Waals surface area contributed by atoms with Crippen LogP contribution in [0.5, 0.6) is 0 Å². The number of aromatic nitrogens is 1. The van der Waals surface area contributed by atoms with Gasteiger partial charge >= 0.3 is 0 Å². The van der Waals surface area contributed by atoms with Crippen LogP contribution in [0.3, 0.4) is 0 Å². The SMILES string of the molecule is O=C(c1ccncc1C#CCCO)N1CCCC1CO. The van der Waals surface area contributed by atoms with Crippen molar-refractivity contribution in [2.75, 3.05) is 19.8 Å². The molecule has 1 atom stereocenters. The summed E-state index contributed by atoms with van der Waals surface area (Å²) < 4.78 is 0. The summed E-state index contributed by atoms with van der Waals surface area (Å²) in [6, 6.07) is 1.55. The minimum absolute atomic E-state index is 0.00471. The molecule has 2 N–H and O–H groups in total. The molecule has 0 aliphatic carbocycles. The average Bonchev–Trinajstić information content (AvgIpc) is 2.96. The lowest BCUT2D eigenvalue weighted by Gasteiger charge is -2.23. The highest BCUT2D eigenvalue weighted by Crippen LogP contribution is 2.20. The first kappa shape index (κ1) is 14.5. The predicted octanol–water partition coefficient (Wildman–Crippen LogP) is 0.412. The van der Waals surface area contributed by atoms with E-state index in [1.807, 2.05) is 0 Å². The summed E-state index contributed by atoms with van der Waals surface area (Å²) in [6.45, 7) is 0.646. The van der Waals surface area contributed by atoms with Crippen molar-refractivity contribution in [2.45, 2.75) is 25.3 Å². The topological polar surface area (TPSA) is 73.7 Å². The Morgan fingerprint density at radius 2 is 2.35 bits per heavy atom. The molecule has 2 rings (SSSR count). The third-order valence-corrected chi connectivity index (χ3v) is 3.36. The van der Waals surface area contributed by atoms with Gasteiger partial charge < -0.3 is 15.1 Å². The van der Waals surface area contributed by atoms with Crippen LogP contribution in [-0.2, 0) is 0 Å². The van der Waals surface area contributed by atoms with E-state index in [1.54, 1.807) is 23.4 Å². The molecule has 1 fully saturated rings. The maximum atomic E-state index is 12.5. The lowest BCUT2D eigenvalue weighted by Crippen LogP contribution is -2.38. The molecule has 1 saturated heterocycles. The minimum Gasteiger partial charge on any atom is -0.395 e. The third-order valence-electron chi connectivity index (χ3n) is 3.36. The van der Waals surface area contributed by atoms with Crippen LogP contribution in [0.4, 0.5) is 0 Å². The van der Waals surface area contributed by atoms with Gasteiger partial charge in [-0.2, -0.15) is 0 Å². The summed E-state index contributed by atoms with van der Waals surface area (Å²) >= 11 is 0. The van der Waals surface area contributed by atoms with Gasteiger partial charge in [-0.3, -0.25) is 9.78 Å². The Kier molecular flexibility index (Phi) is 5.10. The van der Waals surface area contributed by atoms with Crippen LogP contribution in [0.2, 0.25) is 0 Å². The summed E-state index contributed by atoms with van der Waals surface area (Å²) in [5.74, 6) is 5.56. The Balaban J connectivity index is 2.24. The van der Waals surface area contributed by atoms with Gasteiger partial charge in [-0.05, 0) is 18.9 Å². The van der Waals surface area contributed by atoms with Crippen molar-refractivity contribution >= 4 is 5.91 Å². The van der Waals surface area contributed by atoms with E-state index in [9.17, 15) is 9.90 Å². The van der Waals surface area contributed by atoms with E-state index in [1.165, 1.54) is 0 Å². The Morgan fingerprint density at radius 1 is 1.50 bits per heavy atom. The first-order valence-corrected chi connectivity index (χ1v) is 6.73. The van der Waals surface area contributed by atoms with E-state index in [0.717, 1.165) is 12.8 Å². The van der Waals surface area contributed by atoms with Gasteiger partial charge in [0, 0.05) is 25.4 Å².